The van der Waals surface area contributed by atoms with Crippen molar-refractivity contribution in [2.75, 3.05) is 18.4 Å². The molecule has 1 aromatic rings. The SMILES string of the molecule is CC1CC(=O)N(CCNC(=O)OCc2ccc(NC(=O)C(C)NC(=O)C(NC(=O)CCC(C)(C)C)C(C)C)cc2)C1=O. The van der Waals surface area contributed by atoms with Crippen molar-refractivity contribution in [3.05, 3.63) is 29.8 Å². The lowest BCUT2D eigenvalue weighted by molar-refractivity contribution is -0.139. The van der Waals surface area contributed by atoms with Crippen LogP contribution in [0.3, 0.4) is 0 Å². The van der Waals surface area contributed by atoms with Crippen molar-refractivity contribution in [2.24, 2.45) is 17.3 Å². The number of carbonyl (C=O) groups excluding carboxylic acids is 6. The maximum Gasteiger partial charge on any atom is 0.407 e. The molecule has 0 radical (unpaired) electrons. The molecular formula is C30H45N5O7. The second kappa shape index (κ2) is 15.3. The van der Waals surface area contributed by atoms with Gasteiger partial charge in [-0.2, -0.15) is 0 Å². The Bertz CT molecular complexity index is 1140. The van der Waals surface area contributed by atoms with Gasteiger partial charge in [-0.1, -0.05) is 53.7 Å². The van der Waals surface area contributed by atoms with Crippen LogP contribution < -0.4 is 21.3 Å². The Balaban J connectivity index is 1.77. The van der Waals surface area contributed by atoms with E-state index >= 15 is 0 Å². The van der Waals surface area contributed by atoms with E-state index in [0.29, 0.717) is 24.1 Å². The van der Waals surface area contributed by atoms with Gasteiger partial charge in [0.2, 0.25) is 29.5 Å². The van der Waals surface area contributed by atoms with E-state index in [1.807, 2.05) is 34.6 Å². The lowest BCUT2D eigenvalue weighted by atomic mass is 9.90. The van der Waals surface area contributed by atoms with E-state index in [1.54, 1.807) is 38.1 Å². The molecule has 12 nitrogen and oxygen atoms in total. The molecule has 12 heteroatoms. The summed E-state index contributed by atoms with van der Waals surface area (Å²) < 4.78 is 5.17. The van der Waals surface area contributed by atoms with E-state index in [2.05, 4.69) is 21.3 Å². The van der Waals surface area contributed by atoms with Crippen LogP contribution in [0.1, 0.15) is 73.3 Å². The monoisotopic (exact) mass is 587 g/mol. The molecule has 0 aromatic heterocycles. The molecule has 232 valence electrons. The number of anilines is 1. The molecule has 2 rings (SSSR count). The van der Waals surface area contributed by atoms with E-state index in [4.69, 9.17) is 4.74 Å². The summed E-state index contributed by atoms with van der Waals surface area (Å²) in [5.74, 6) is -2.07. The van der Waals surface area contributed by atoms with Gasteiger partial charge >= 0.3 is 6.09 Å². The molecule has 4 N–H and O–H groups in total. The first-order chi connectivity index (χ1) is 19.6. The zero-order chi connectivity index (χ0) is 31.6. The van der Waals surface area contributed by atoms with Gasteiger partial charge in [0, 0.05) is 37.5 Å². The van der Waals surface area contributed by atoms with E-state index in [9.17, 15) is 28.8 Å². The summed E-state index contributed by atoms with van der Waals surface area (Å²) in [5, 5.41) is 10.7. The number of benzene rings is 1. The molecule has 0 bridgehead atoms. The molecule has 0 saturated carbocycles. The predicted octanol–water partition coefficient (Wildman–Crippen LogP) is 2.72. The van der Waals surface area contributed by atoms with E-state index in [0.717, 1.165) is 4.90 Å². The topological polar surface area (TPSA) is 163 Å². The molecule has 1 aliphatic heterocycles. The summed E-state index contributed by atoms with van der Waals surface area (Å²) >= 11 is 0. The van der Waals surface area contributed by atoms with Crippen LogP contribution in [-0.2, 0) is 35.3 Å². The van der Waals surface area contributed by atoms with Gasteiger partial charge in [0.25, 0.3) is 0 Å². The van der Waals surface area contributed by atoms with E-state index in [1.165, 1.54) is 0 Å². The smallest absolute Gasteiger partial charge is 0.407 e. The van der Waals surface area contributed by atoms with Crippen molar-refractivity contribution in [1.29, 1.82) is 0 Å². The van der Waals surface area contributed by atoms with Gasteiger partial charge in [0.05, 0.1) is 0 Å². The van der Waals surface area contributed by atoms with E-state index < -0.39 is 30.0 Å². The standard InChI is InChI=1S/C30H45N5O7/c1-18(2)25(34-23(36)12-13-30(5,6)7)27(39)32-20(4)26(38)33-22-10-8-21(9-11-22)17-42-29(41)31-14-15-35-24(37)16-19(3)28(35)40/h8-11,18-20,25H,12-17H2,1-7H3,(H,31,41)(H,32,39)(H,33,38)(H,34,36). The first-order valence-electron chi connectivity index (χ1n) is 14.3. The van der Waals surface area contributed by atoms with Crippen LogP contribution in [-0.4, -0.2) is 65.7 Å². The fourth-order valence-corrected chi connectivity index (χ4v) is 4.13. The normalized spacial score (nSPS) is 16.6. The summed E-state index contributed by atoms with van der Waals surface area (Å²) in [6.07, 6.45) is 0.495. The van der Waals surface area contributed by atoms with Crippen molar-refractivity contribution < 1.29 is 33.5 Å². The average molecular weight is 588 g/mol. The quantitative estimate of drug-likeness (QED) is 0.258. The molecule has 1 fully saturated rings. The van der Waals surface area contributed by atoms with Crippen molar-refractivity contribution >= 4 is 41.3 Å². The third kappa shape index (κ3) is 11.1. The Morgan fingerprint density at radius 3 is 2.19 bits per heavy atom. The second-order valence-corrected chi connectivity index (χ2v) is 12.3. The fraction of sp³-hybridized carbons (Fsp3) is 0.600. The first-order valence-corrected chi connectivity index (χ1v) is 14.3. The van der Waals surface area contributed by atoms with Gasteiger partial charge in [-0.25, -0.2) is 4.79 Å². The van der Waals surface area contributed by atoms with E-state index in [-0.39, 0.29) is 61.1 Å². The number of ether oxygens (including phenoxy) is 1. The Morgan fingerprint density at radius 2 is 1.64 bits per heavy atom. The number of carbonyl (C=O) groups is 6. The summed E-state index contributed by atoms with van der Waals surface area (Å²) in [6, 6.07) is 5.01. The minimum absolute atomic E-state index is 0.00147. The number of hydrogen-bond acceptors (Lipinski definition) is 7. The lowest BCUT2D eigenvalue weighted by Gasteiger charge is -2.25. The molecule has 0 aliphatic carbocycles. The Morgan fingerprint density at radius 1 is 1.00 bits per heavy atom. The zero-order valence-electron chi connectivity index (χ0n) is 25.7. The molecule has 42 heavy (non-hydrogen) atoms. The van der Waals surface area contributed by atoms with Gasteiger partial charge in [0.15, 0.2) is 0 Å². The molecule has 3 unspecified atom stereocenters. The highest BCUT2D eigenvalue weighted by molar-refractivity contribution is 6.03. The van der Waals surface area contributed by atoms with Gasteiger partial charge in [-0.3, -0.25) is 28.9 Å². The largest absolute Gasteiger partial charge is 0.445 e. The highest BCUT2D eigenvalue weighted by Gasteiger charge is 2.35. The number of alkyl carbamates (subject to hydrolysis) is 1. The van der Waals surface area contributed by atoms with Gasteiger partial charge in [0.1, 0.15) is 18.7 Å². The molecule has 1 aliphatic rings. The van der Waals surface area contributed by atoms with Crippen LogP contribution in [0.2, 0.25) is 0 Å². The van der Waals surface area contributed by atoms with Crippen LogP contribution >= 0.6 is 0 Å². The predicted molar refractivity (Wildman–Crippen MR) is 157 cm³/mol. The molecule has 1 heterocycles. The molecular weight excluding hydrogens is 542 g/mol. The molecule has 1 saturated heterocycles. The van der Waals surface area contributed by atoms with Crippen LogP contribution in [0.5, 0.6) is 0 Å². The summed E-state index contributed by atoms with van der Waals surface area (Å²) in [4.78, 5) is 74.8. The second-order valence-electron chi connectivity index (χ2n) is 12.3. The zero-order valence-corrected chi connectivity index (χ0v) is 25.7. The molecule has 1 aromatic carbocycles. The number of amides is 6. The number of rotatable bonds is 13. The maximum absolute atomic E-state index is 12.9. The molecule has 3 atom stereocenters. The average Bonchev–Trinajstić information content (AvgIpc) is 3.15. The number of imide groups is 1. The van der Waals surface area contributed by atoms with Crippen molar-refractivity contribution in [2.45, 2.75) is 86.4 Å². The highest BCUT2D eigenvalue weighted by Crippen LogP contribution is 2.20. The Labute approximate surface area is 247 Å². The maximum atomic E-state index is 12.9. The fourth-order valence-electron chi connectivity index (χ4n) is 4.13. The number of hydrogen-bond donors (Lipinski definition) is 4. The summed E-state index contributed by atoms with van der Waals surface area (Å²) in [5.41, 5.74) is 1.16. The number of nitrogens with zero attached hydrogens (tertiary/aromatic N) is 1. The molecule has 6 amide bonds. The summed E-state index contributed by atoms with van der Waals surface area (Å²) in [6.45, 7) is 13.2. The van der Waals surface area contributed by atoms with Gasteiger partial charge < -0.3 is 26.0 Å². The van der Waals surface area contributed by atoms with Crippen LogP contribution in [0.4, 0.5) is 10.5 Å². The number of likely N-dealkylation sites (tertiary alicyclic amines) is 1. The Hall–Kier alpha value is -3.96. The summed E-state index contributed by atoms with van der Waals surface area (Å²) in [7, 11) is 0. The first kappa shape index (κ1) is 34.2. The van der Waals surface area contributed by atoms with Gasteiger partial charge in [-0.15, -0.1) is 0 Å². The highest BCUT2D eigenvalue weighted by atomic mass is 16.5. The van der Waals surface area contributed by atoms with Crippen LogP contribution in [0.15, 0.2) is 24.3 Å². The Kier molecular flexibility index (Phi) is 12.5. The van der Waals surface area contributed by atoms with Crippen molar-refractivity contribution in [3.63, 3.8) is 0 Å². The third-order valence-corrected chi connectivity index (χ3v) is 6.79. The minimum Gasteiger partial charge on any atom is -0.445 e. The molecule has 0 spiro atoms. The third-order valence-electron chi connectivity index (χ3n) is 6.79. The van der Waals surface area contributed by atoms with Crippen LogP contribution in [0, 0.1) is 17.3 Å². The van der Waals surface area contributed by atoms with Crippen LogP contribution in [0.25, 0.3) is 0 Å². The minimum atomic E-state index is -0.855. The van der Waals surface area contributed by atoms with Crippen molar-refractivity contribution in [1.82, 2.24) is 20.9 Å². The van der Waals surface area contributed by atoms with Crippen molar-refractivity contribution in [3.8, 4) is 0 Å². The number of nitrogens with one attached hydrogen (secondary N) is 4. The van der Waals surface area contributed by atoms with Gasteiger partial charge in [-0.05, 0) is 42.4 Å². The lowest BCUT2D eigenvalue weighted by Crippen LogP contribution is -2.53.